The molecule has 0 saturated heterocycles. The molecule has 8 rings (SSSR count). The van der Waals surface area contributed by atoms with Crippen molar-refractivity contribution >= 4 is 21.5 Å². The summed E-state index contributed by atoms with van der Waals surface area (Å²) >= 11 is 0. The Morgan fingerprint density at radius 3 is 1.59 bits per heavy atom. The minimum Gasteiger partial charge on any atom is -0.0619 e. The minimum atomic E-state index is 0.0139. The molecule has 7 aromatic rings. The lowest BCUT2D eigenvalue weighted by atomic mass is 9.81. The van der Waals surface area contributed by atoms with Gasteiger partial charge in [-0.2, -0.15) is 0 Å². The van der Waals surface area contributed by atoms with Crippen molar-refractivity contribution < 1.29 is 0 Å². The Bertz CT molecular complexity index is 2090. The van der Waals surface area contributed by atoms with Crippen LogP contribution in [0.2, 0.25) is 0 Å². The molecule has 194 valence electrons. The molecule has 0 radical (unpaired) electrons. The maximum atomic E-state index is 2.40. The first-order valence-electron chi connectivity index (χ1n) is 14.4. The summed E-state index contributed by atoms with van der Waals surface area (Å²) in [6.07, 6.45) is 0. The Hall–Kier alpha value is -4.94. The molecule has 0 spiro atoms. The first-order chi connectivity index (χ1) is 20.1. The van der Waals surface area contributed by atoms with Crippen molar-refractivity contribution in [3.05, 3.63) is 157 Å². The first kappa shape index (κ1) is 23.9. The molecular weight excluding hydrogens is 492 g/mol. The summed E-state index contributed by atoms with van der Waals surface area (Å²) in [5.74, 6) is 0. The Labute approximate surface area is 241 Å². The molecule has 41 heavy (non-hydrogen) atoms. The molecule has 0 fully saturated rings. The van der Waals surface area contributed by atoms with E-state index in [1.807, 2.05) is 0 Å². The summed E-state index contributed by atoms with van der Waals surface area (Å²) in [5.41, 5.74) is 13.1. The van der Waals surface area contributed by atoms with Crippen molar-refractivity contribution in [1.29, 1.82) is 0 Å². The molecule has 0 aliphatic heterocycles. The zero-order valence-electron chi connectivity index (χ0n) is 23.4. The fourth-order valence-corrected chi connectivity index (χ4v) is 6.87. The van der Waals surface area contributed by atoms with Crippen LogP contribution in [-0.4, -0.2) is 0 Å². The van der Waals surface area contributed by atoms with Crippen LogP contribution in [0, 0.1) is 0 Å². The molecule has 0 saturated carbocycles. The van der Waals surface area contributed by atoms with Crippen LogP contribution >= 0.6 is 0 Å². The van der Waals surface area contributed by atoms with Crippen LogP contribution in [0.4, 0.5) is 0 Å². The molecule has 1 aliphatic rings. The van der Waals surface area contributed by atoms with E-state index in [0.29, 0.717) is 0 Å². The Kier molecular flexibility index (Phi) is 5.27. The number of benzene rings is 7. The van der Waals surface area contributed by atoms with Crippen molar-refractivity contribution in [2.45, 2.75) is 19.3 Å². The van der Waals surface area contributed by atoms with E-state index in [1.165, 1.54) is 77.2 Å². The normalized spacial score (nSPS) is 13.3. The van der Waals surface area contributed by atoms with E-state index in [-0.39, 0.29) is 5.41 Å². The number of rotatable bonds is 3. The van der Waals surface area contributed by atoms with E-state index in [9.17, 15) is 0 Å². The first-order valence-corrected chi connectivity index (χ1v) is 14.4. The molecule has 0 heterocycles. The molecule has 1 aliphatic carbocycles. The van der Waals surface area contributed by atoms with Crippen LogP contribution in [0.5, 0.6) is 0 Å². The van der Waals surface area contributed by atoms with E-state index < -0.39 is 0 Å². The molecule has 7 aromatic carbocycles. The van der Waals surface area contributed by atoms with Gasteiger partial charge in [-0.1, -0.05) is 147 Å². The molecular formula is C41H30. The quantitative estimate of drug-likeness (QED) is 0.202. The second kappa shape index (κ2) is 9.04. The van der Waals surface area contributed by atoms with Crippen LogP contribution in [-0.2, 0) is 5.41 Å². The van der Waals surface area contributed by atoms with Gasteiger partial charge in [-0.25, -0.2) is 0 Å². The minimum absolute atomic E-state index is 0.0139. The lowest BCUT2D eigenvalue weighted by molar-refractivity contribution is 0.660. The predicted molar refractivity (Wildman–Crippen MR) is 175 cm³/mol. The van der Waals surface area contributed by atoms with Crippen LogP contribution in [0.25, 0.3) is 66.1 Å². The molecule has 0 unspecified atom stereocenters. The van der Waals surface area contributed by atoms with Gasteiger partial charge in [-0.05, 0) is 89.3 Å². The highest BCUT2D eigenvalue weighted by molar-refractivity contribution is 6.13. The molecule has 0 atom stereocenters. The third kappa shape index (κ3) is 3.75. The van der Waals surface area contributed by atoms with Gasteiger partial charge >= 0.3 is 0 Å². The molecule has 0 aromatic heterocycles. The lowest BCUT2D eigenvalue weighted by Crippen LogP contribution is -2.14. The summed E-state index contributed by atoms with van der Waals surface area (Å²) in [5, 5.41) is 5.18. The topological polar surface area (TPSA) is 0 Å². The van der Waals surface area contributed by atoms with Crippen LogP contribution in [0.3, 0.4) is 0 Å². The third-order valence-electron chi connectivity index (χ3n) is 9.10. The highest BCUT2D eigenvalue weighted by Gasteiger charge is 2.35. The fraction of sp³-hybridized carbons (Fsp3) is 0.0732. The number of hydrogen-bond donors (Lipinski definition) is 0. The van der Waals surface area contributed by atoms with Gasteiger partial charge in [-0.15, -0.1) is 0 Å². The largest absolute Gasteiger partial charge is 0.0619 e. The average Bonchev–Trinajstić information content (AvgIpc) is 3.27. The maximum absolute atomic E-state index is 2.40. The highest BCUT2D eigenvalue weighted by Crippen LogP contribution is 2.49. The van der Waals surface area contributed by atoms with Gasteiger partial charge in [-0.3, -0.25) is 0 Å². The third-order valence-corrected chi connectivity index (χ3v) is 9.10. The molecule has 0 N–H and O–H groups in total. The van der Waals surface area contributed by atoms with E-state index >= 15 is 0 Å². The maximum Gasteiger partial charge on any atom is 0.0159 e. The second-order valence-electron chi connectivity index (χ2n) is 11.8. The van der Waals surface area contributed by atoms with Gasteiger partial charge in [0.25, 0.3) is 0 Å². The smallest absolute Gasteiger partial charge is 0.0159 e. The van der Waals surface area contributed by atoms with Crippen molar-refractivity contribution in [2.75, 3.05) is 0 Å². The summed E-state index contributed by atoms with van der Waals surface area (Å²) in [6, 6.07) is 53.6. The van der Waals surface area contributed by atoms with Crippen molar-refractivity contribution in [2.24, 2.45) is 0 Å². The monoisotopic (exact) mass is 522 g/mol. The van der Waals surface area contributed by atoms with E-state index in [1.54, 1.807) is 0 Å². The average molecular weight is 523 g/mol. The van der Waals surface area contributed by atoms with Gasteiger partial charge in [0.05, 0.1) is 0 Å². The van der Waals surface area contributed by atoms with E-state index in [4.69, 9.17) is 0 Å². The van der Waals surface area contributed by atoms with Gasteiger partial charge in [0, 0.05) is 5.41 Å². The van der Waals surface area contributed by atoms with Crippen LogP contribution in [0.1, 0.15) is 25.0 Å². The SMILES string of the molecule is CC1(C)c2ccccc2-c2ccc(-c3ccc(-c4ccc(-c5cc6ccccc6c6ccccc56)cc4)cc3)cc21. The zero-order valence-corrected chi connectivity index (χ0v) is 23.4. The van der Waals surface area contributed by atoms with Gasteiger partial charge in [0.15, 0.2) is 0 Å². The Balaban J connectivity index is 1.12. The van der Waals surface area contributed by atoms with Gasteiger partial charge < -0.3 is 0 Å². The van der Waals surface area contributed by atoms with Gasteiger partial charge in [0.2, 0.25) is 0 Å². The Morgan fingerprint density at radius 1 is 0.341 bits per heavy atom. The second-order valence-corrected chi connectivity index (χ2v) is 11.8. The van der Waals surface area contributed by atoms with Crippen LogP contribution < -0.4 is 0 Å². The Morgan fingerprint density at radius 2 is 0.854 bits per heavy atom. The number of fused-ring (bicyclic) bond motifs is 6. The summed E-state index contributed by atoms with van der Waals surface area (Å²) in [7, 11) is 0. The van der Waals surface area contributed by atoms with E-state index in [2.05, 4.69) is 159 Å². The zero-order chi connectivity index (χ0) is 27.6. The lowest BCUT2D eigenvalue weighted by Gasteiger charge is -2.22. The van der Waals surface area contributed by atoms with Crippen LogP contribution in [0.15, 0.2) is 146 Å². The van der Waals surface area contributed by atoms with Crippen molar-refractivity contribution in [3.63, 3.8) is 0 Å². The highest BCUT2D eigenvalue weighted by atomic mass is 14.4. The summed E-state index contributed by atoms with van der Waals surface area (Å²) in [6.45, 7) is 4.68. The van der Waals surface area contributed by atoms with Gasteiger partial charge in [0.1, 0.15) is 0 Å². The standard InChI is InChI=1S/C41H30/c1-41(2)39-14-8-7-13-36(39)37-24-23-31(26-40(37)41)29-17-15-27(16-18-29)28-19-21-30(22-20-28)38-25-32-9-3-4-10-33(32)34-11-5-6-12-35(34)38/h3-26H,1-2H3. The van der Waals surface area contributed by atoms with Crippen molar-refractivity contribution in [1.82, 2.24) is 0 Å². The summed E-state index contributed by atoms with van der Waals surface area (Å²) < 4.78 is 0. The van der Waals surface area contributed by atoms with E-state index in [0.717, 1.165) is 0 Å². The molecule has 0 heteroatoms. The molecule has 0 bridgehead atoms. The predicted octanol–water partition coefficient (Wildman–Crippen LogP) is 11.3. The fourth-order valence-electron chi connectivity index (χ4n) is 6.87. The van der Waals surface area contributed by atoms with Crippen molar-refractivity contribution in [3.8, 4) is 44.5 Å². The number of hydrogen-bond acceptors (Lipinski definition) is 0. The molecule has 0 amide bonds. The summed E-state index contributed by atoms with van der Waals surface area (Å²) in [4.78, 5) is 0. The molecule has 0 nitrogen and oxygen atoms in total.